The maximum atomic E-state index is 13.0. The molecule has 4 rings (SSSR count). The van der Waals surface area contributed by atoms with E-state index in [0.717, 1.165) is 22.4 Å². The van der Waals surface area contributed by atoms with Gasteiger partial charge >= 0.3 is 5.63 Å². The molecule has 6 nitrogen and oxygen atoms in total. The van der Waals surface area contributed by atoms with Crippen molar-refractivity contribution < 1.29 is 18.6 Å². The fourth-order valence-corrected chi connectivity index (χ4v) is 3.40. The summed E-state index contributed by atoms with van der Waals surface area (Å²) in [6.45, 7) is 2.54. The van der Waals surface area contributed by atoms with Crippen molar-refractivity contribution in [1.82, 2.24) is 0 Å². The molecule has 0 bridgehead atoms. The van der Waals surface area contributed by atoms with Crippen LogP contribution in [0.15, 0.2) is 75.9 Å². The van der Waals surface area contributed by atoms with E-state index in [1.165, 1.54) is 0 Å². The molecular weight excluding hydrogens is 394 g/mol. The van der Waals surface area contributed by atoms with Crippen LogP contribution < -0.4 is 25.2 Å². The number of hydrogen-bond acceptors (Lipinski definition) is 6. The second-order valence-corrected chi connectivity index (χ2v) is 6.81. The number of benzene rings is 3. The van der Waals surface area contributed by atoms with Crippen molar-refractivity contribution in [3.63, 3.8) is 0 Å². The molecule has 1 aromatic heterocycles. The van der Waals surface area contributed by atoms with Gasteiger partial charge in [0.1, 0.15) is 22.8 Å². The Balaban J connectivity index is 1.88. The molecule has 0 atom stereocenters. The van der Waals surface area contributed by atoms with Crippen LogP contribution in [0, 0.1) is 0 Å². The summed E-state index contributed by atoms with van der Waals surface area (Å²) in [7, 11) is 3.18. The van der Waals surface area contributed by atoms with E-state index in [4.69, 9.17) is 18.6 Å². The van der Waals surface area contributed by atoms with Crippen LogP contribution in [0.1, 0.15) is 6.92 Å². The average molecular weight is 417 g/mol. The summed E-state index contributed by atoms with van der Waals surface area (Å²) < 4.78 is 21.7. The average Bonchev–Trinajstić information content (AvgIpc) is 2.80. The minimum atomic E-state index is -0.445. The molecule has 0 saturated heterocycles. The van der Waals surface area contributed by atoms with Crippen LogP contribution in [-0.4, -0.2) is 20.8 Å². The van der Waals surface area contributed by atoms with E-state index in [2.05, 4.69) is 5.32 Å². The standard InChI is InChI=1S/C25H23NO5/c1-4-30-19-11-7-17(8-12-19)26-24-21-14-13-20(29-3)15-22(21)31-25(27)23(24)16-5-9-18(28-2)10-6-16/h5-15,26H,4H2,1-3H3. The Morgan fingerprint density at radius 2 is 1.48 bits per heavy atom. The molecule has 3 aromatic carbocycles. The quantitative estimate of drug-likeness (QED) is 0.394. The first kappa shape index (κ1) is 20.3. The lowest BCUT2D eigenvalue weighted by Gasteiger charge is -2.15. The number of fused-ring (bicyclic) bond motifs is 1. The van der Waals surface area contributed by atoms with Crippen molar-refractivity contribution in [1.29, 1.82) is 0 Å². The molecule has 0 spiro atoms. The van der Waals surface area contributed by atoms with Gasteiger partial charge in [-0.3, -0.25) is 0 Å². The Morgan fingerprint density at radius 1 is 0.839 bits per heavy atom. The van der Waals surface area contributed by atoms with E-state index >= 15 is 0 Å². The first-order valence-corrected chi connectivity index (χ1v) is 9.92. The summed E-state index contributed by atoms with van der Waals surface area (Å²) in [5, 5.41) is 4.17. The minimum absolute atomic E-state index is 0.439. The van der Waals surface area contributed by atoms with Gasteiger partial charge in [0, 0.05) is 17.1 Å². The molecule has 0 saturated carbocycles. The molecule has 158 valence electrons. The predicted octanol–water partition coefficient (Wildman–Crippen LogP) is 5.62. The zero-order valence-corrected chi connectivity index (χ0v) is 17.6. The highest BCUT2D eigenvalue weighted by atomic mass is 16.5. The summed E-state index contributed by atoms with van der Waals surface area (Å²) in [4.78, 5) is 13.0. The Labute approximate surface area is 180 Å². The molecule has 1 N–H and O–H groups in total. The number of anilines is 2. The summed E-state index contributed by atoms with van der Waals surface area (Å²) in [6, 6.07) is 20.3. The minimum Gasteiger partial charge on any atom is -0.497 e. The van der Waals surface area contributed by atoms with Crippen LogP contribution in [0.3, 0.4) is 0 Å². The van der Waals surface area contributed by atoms with Crippen molar-refractivity contribution in [3.05, 3.63) is 77.2 Å². The SMILES string of the molecule is CCOc1ccc(Nc2c(-c3ccc(OC)cc3)c(=O)oc3cc(OC)ccc23)cc1. The zero-order valence-electron chi connectivity index (χ0n) is 17.6. The van der Waals surface area contributed by atoms with Gasteiger partial charge in [-0.05, 0) is 61.0 Å². The fraction of sp³-hybridized carbons (Fsp3) is 0.160. The largest absolute Gasteiger partial charge is 0.497 e. The molecule has 6 heteroatoms. The summed E-state index contributed by atoms with van der Waals surface area (Å²) in [6.07, 6.45) is 0. The molecule has 0 fully saturated rings. The summed E-state index contributed by atoms with van der Waals surface area (Å²) in [5.41, 5.74) is 2.63. The number of ether oxygens (including phenoxy) is 3. The molecule has 0 amide bonds. The van der Waals surface area contributed by atoms with E-state index in [1.807, 2.05) is 67.6 Å². The van der Waals surface area contributed by atoms with Gasteiger partial charge in [-0.2, -0.15) is 0 Å². The molecule has 4 aromatic rings. The first-order valence-electron chi connectivity index (χ1n) is 9.92. The summed E-state index contributed by atoms with van der Waals surface area (Å²) >= 11 is 0. The third-order valence-electron chi connectivity index (χ3n) is 4.93. The molecule has 0 aliphatic rings. The molecule has 0 unspecified atom stereocenters. The Morgan fingerprint density at radius 3 is 2.13 bits per heavy atom. The molecule has 1 heterocycles. The zero-order chi connectivity index (χ0) is 21.8. The number of nitrogens with one attached hydrogen (secondary N) is 1. The van der Waals surface area contributed by atoms with E-state index in [1.54, 1.807) is 20.3 Å². The van der Waals surface area contributed by atoms with Gasteiger partial charge in [0.05, 0.1) is 32.1 Å². The summed E-state index contributed by atoms with van der Waals surface area (Å²) in [5.74, 6) is 2.10. The van der Waals surface area contributed by atoms with Crippen molar-refractivity contribution in [3.8, 4) is 28.4 Å². The lowest BCUT2D eigenvalue weighted by Crippen LogP contribution is -2.08. The van der Waals surface area contributed by atoms with Crippen molar-refractivity contribution in [2.45, 2.75) is 6.92 Å². The maximum Gasteiger partial charge on any atom is 0.346 e. The normalized spacial score (nSPS) is 10.7. The van der Waals surface area contributed by atoms with Gasteiger partial charge in [0.25, 0.3) is 0 Å². The second kappa shape index (κ2) is 8.83. The van der Waals surface area contributed by atoms with Gasteiger partial charge in [-0.15, -0.1) is 0 Å². The van der Waals surface area contributed by atoms with Gasteiger partial charge in [0.2, 0.25) is 0 Å². The highest BCUT2D eigenvalue weighted by Gasteiger charge is 2.18. The molecule has 0 aliphatic carbocycles. The Bertz CT molecular complexity index is 1240. The first-order chi connectivity index (χ1) is 15.1. The predicted molar refractivity (Wildman–Crippen MR) is 122 cm³/mol. The van der Waals surface area contributed by atoms with E-state index in [0.29, 0.717) is 34.9 Å². The van der Waals surface area contributed by atoms with Crippen LogP contribution in [-0.2, 0) is 0 Å². The highest BCUT2D eigenvalue weighted by Crippen LogP contribution is 2.36. The molecular formula is C25H23NO5. The smallest absolute Gasteiger partial charge is 0.346 e. The van der Waals surface area contributed by atoms with Crippen LogP contribution in [0.4, 0.5) is 11.4 Å². The molecule has 31 heavy (non-hydrogen) atoms. The molecule has 0 aliphatic heterocycles. The Kier molecular flexibility index (Phi) is 5.80. The molecule has 0 radical (unpaired) electrons. The number of hydrogen-bond donors (Lipinski definition) is 1. The van der Waals surface area contributed by atoms with Crippen molar-refractivity contribution in [2.75, 3.05) is 26.1 Å². The van der Waals surface area contributed by atoms with E-state index in [-0.39, 0.29) is 0 Å². The van der Waals surface area contributed by atoms with Gasteiger partial charge in [-0.25, -0.2) is 4.79 Å². The third kappa shape index (κ3) is 4.19. The third-order valence-corrected chi connectivity index (χ3v) is 4.93. The van der Waals surface area contributed by atoms with Crippen LogP contribution in [0.25, 0.3) is 22.1 Å². The van der Waals surface area contributed by atoms with Gasteiger partial charge in [-0.1, -0.05) is 12.1 Å². The van der Waals surface area contributed by atoms with Crippen molar-refractivity contribution >= 4 is 22.3 Å². The number of methoxy groups -OCH3 is 2. The van der Waals surface area contributed by atoms with Crippen LogP contribution in [0.5, 0.6) is 17.2 Å². The maximum absolute atomic E-state index is 13.0. The van der Waals surface area contributed by atoms with Crippen molar-refractivity contribution in [2.24, 2.45) is 0 Å². The van der Waals surface area contributed by atoms with Crippen LogP contribution >= 0.6 is 0 Å². The monoisotopic (exact) mass is 417 g/mol. The van der Waals surface area contributed by atoms with Gasteiger partial charge in [0.15, 0.2) is 0 Å². The van der Waals surface area contributed by atoms with Gasteiger partial charge < -0.3 is 23.9 Å². The van der Waals surface area contributed by atoms with Crippen LogP contribution in [0.2, 0.25) is 0 Å². The topological polar surface area (TPSA) is 69.9 Å². The highest BCUT2D eigenvalue weighted by molar-refractivity contribution is 6.00. The fourth-order valence-electron chi connectivity index (χ4n) is 3.40. The number of rotatable bonds is 7. The Hall–Kier alpha value is -3.93. The lowest BCUT2D eigenvalue weighted by atomic mass is 10.0. The van der Waals surface area contributed by atoms with E-state index in [9.17, 15) is 4.79 Å². The lowest BCUT2D eigenvalue weighted by molar-refractivity contribution is 0.340. The second-order valence-electron chi connectivity index (χ2n) is 6.81. The van der Waals surface area contributed by atoms with E-state index < -0.39 is 5.63 Å².